The van der Waals surface area contributed by atoms with Crippen LogP contribution in [0.15, 0.2) is 55.1 Å². The predicted molar refractivity (Wildman–Crippen MR) is 75.0 cm³/mol. The fourth-order valence-electron chi connectivity index (χ4n) is 1.82. The largest absolute Gasteiger partial charge is 0.356 e. The molecule has 0 fully saturated rings. The molecule has 1 nitrogen and oxygen atoms in total. The van der Waals surface area contributed by atoms with Crippen molar-refractivity contribution in [2.45, 2.75) is 13.8 Å². The Morgan fingerprint density at radius 1 is 1.00 bits per heavy atom. The zero-order valence-electron chi connectivity index (χ0n) is 10.3. The summed E-state index contributed by atoms with van der Waals surface area (Å²) < 4.78 is 0. The van der Waals surface area contributed by atoms with Crippen LogP contribution in [0, 0.1) is 13.8 Å². The van der Waals surface area contributed by atoms with Crippen LogP contribution in [0.3, 0.4) is 0 Å². The molecule has 2 aromatic rings. The minimum atomic E-state index is 0.942. The highest BCUT2D eigenvalue weighted by Crippen LogP contribution is 2.21. The lowest BCUT2D eigenvalue weighted by Gasteiger charge is -2.12. The first-order valence-corrected chi connectivity index (χ1v) is 5.75. The number of anilines is 1. The molecule has 0 spiro atoms. The first-order valence-electron chi connectivity index (χ1n) is 5.75. The average Bonchev–Trinajstić information content (AvgIpc) is 2.33. The van der Waals surface area contributed by atoms with E-state index in [0.717, 1.165) is 11.4 Å². The second-order valence-corrected chi connectivity index (χ2v) is 4.29. The lowest BCUT2D eigenvalue weighted by Crippen LogP contribution is -1.99. The van der Waals surface area contributed by atoms with E-state index in [2.05, 4.69) is 43.9 Å². The van der Waals surface area contributed by atoms with E-state index in [1.165, 1.54) is 16.7 Å². The molecular weight excluding hydrogens is 206 g/mol. The molecule has 2 rings (SSSR count). The molecule has 17 heavy (non-hydrogen) atoms. The van der Waals surface area contributed by atoms with E-state index in [4.69, 9.17) is 0 Å². The molecule has 0 aliphatic heterocycles. The standard InChI is InChI=1S/C16H17N/c1-12-9-10-13(2)16(11-12)14(3)17-15-7-5-4-6-8-15/h4-11,17H,3H2,1-2H3. The van der Waals surface area contributed by atoms with Gasteiger partial charge in [-0.2, -0.15) is 0 Å². The van der Waals surface area contributed by atoms with Gasteiger partial charge in [0.05, 0.1) is 0 Å². The van der Waals surface area contributed by atoms with Crippen LogP contribution in [0.4, 0.5) is 5.69 Å². The van der Waals surface area contributed by atoms with Crippen LogP contribution in [0.25, 0.3) is 5.70 Å². The van der Waals surface area contributed by atoms with Crippen molar-refractivity contribution in [2.24, 2.45) is 0 Å². The summed E-state index contributed by atoms with van der Waals surface area (Å²) in [7, 11) is 0. The first kappa shape index (κ1) is 11.5. The van der Waals surface area contributed by atoms with Crippen molar-refractivity contribution in [1.29, 1.82) is 0 Å². The van der Waals surface area contributed by atoms with Crippen LogP contribution in [-0.4, -0.2) is 0 Å². The molecule has 1 heteroatoms. The summed E-state index contributed by atoms with van der Waals surface area (Å²) in [5, 5.41) is 3.33. The molecular formula is C16H17N. The van der Waals surface area contributed by atoms with Gasteiger partial charge in [-0.25, -0.2) is 0 Å². The number of aryl methyl sites for hydroxylation is 2. The van der Waals surface area contributed by atoms with Crippen molar-refractivity contribution in [3.8, 4) is 0 Å². The molecule has 0 aliphatic carbocycles. The Kier molecular flexibility index (Phi) is 3.29. The van der Waals surface area contributed by atoms with Crippen LogP contribution in [0.2, 0.25) is 0 Å². The smallest absolute Gasteiger partial charge is 0.0387 e. The van der Waals surface area contributed by atoms with Crippen molar-refractivity contribution in [3.63, 3.8) is 0 Å². The maximum absolute atomic E-state index is 4.11. The molecule has 86 valence electrons. The van der Waals surface area contributed by atoms with E-state index in [9.17, 15) is 0 Å². The molecule has 0 atom stereocenters. The van der Waals surface area contributed by atoms with E-state index in [1.807, 2.05) is 30.3 Å². The third-order valence-electron chi connectivity index (χ3n) is 2.79. The molecule has 0 amide bonds. The molecule has 0 heterocycles. The Hall–Kier alpha value is -2.02. The summed E-state index contributed by atoms with van der Waals surface area (Å²) >= 11 is 0. The summed E-state index contributed by atoms with van der Waals surface area (Å²) in [6.07, 6.45) is 0. The van der Waals surface area contributed by atoms with Gasteiger partial charge in [0, 0.05) is 16.9 Å². The molecule has 0 bridgehead atoms. The highest BCUT2D eigenvalue weighted by Gasteiger charge is 2.03. The van der Waals surface area contributed by atoms with Gasteiger partial charge in [0.2, 0.25) is 0 Å². The molecule has 0 saturated heterocycles. The monoisotopic (exact) mass is 223 g/mol. The number of hydrogen-bond donors (Lipinski definition) is 1. The fourth-order valence-corrected chi connectivity index (χ4v) is 1.82. The van der Waals surface area contributed by atoms with Crippen LogP contribution < -0.4 is 5.32 Å². The summed E-state index contributed by atoms with van der Waals surface area (Å²) in [5.74, 6) is 0. The number of benzene rings is 2. The van der Waals surface area contributed by atoms with E-state index >= 15 is 0 Å². The highest BCUT2D eigenvalue weighted by molar-refractivity contribution is 5.76. The van der Waals surface area contributed by atoms with E-state index < -0.39 is 0 Å². The van der Waals surface area contributed by atoms with Crippen LogP contribution >= 0.6 is 0 Å². The SMILES string of the molecule is C=C(Nc1ccccc1)c1cc(C)ccc1C. The Balaban J connectivity index is 2.23. The zero-order valence-corrected chi connectivity index (χ0v) is 10.3. The minimum Gasteiger partial charge on any atom is -0.356 e. The average molecular weight is 223 g/mol. The van der Waals surface area contributed by atoms with Gasteiger partial charge in [0.15, 0.2) is 0 Å². The second-order valence-electron chi connectivity index (χ2n) is 4.29. The maximum Gasteiger partial charge on any atom is 0.0387 e. The molecule has 2 aromatic carbocycles. The molecule has 1 N–H and O–H groups in total. The van der Waals surface area contributed by atoms with Crippen LogP contribution in [-0.2, 0) is 0 Å². The number of rotatable bonds is 3. The topological polar surface area (TPSA) is 12.0 Å². The normalized spacial score (nSPS) is 10.0. The lowest BCUT2D eigenvalue weighted by atomic mass is 10.0. The van der Waals surface area contributed by atoms with Gasteiger partial charge in [-0.1, -0.05) is 42.5 Å². The van der Waals surface area contributed by atoms with Gasteiger partial charge in [-0.15, -0.1) is 0 Å². The van der Waals surface area contributed by atoms with E-state index in [0.29, 0.717) is 0 Å². The van der Waals surface area contributed by atoms with Crippen molar-refractivity contribution in [2.75, 3.05) is 5.32 Å². The zero-order chi connectivity index (χ0) is 12.3. The van der Waals surface area contributed by atoms with Crippen molar-refractivity contribution in [1.82, 2.24) is 0 Å². The Labute approximate surface area is 103 Å². The lowest BCUT2D eigenvalue weighted by molar-refractivity contribution is 1.35. The molecule has 0 aliphatic rings. The molecule has 0 aromatic heterocycles. The molecule has 0 saturated carbocycles. The van der Waals surface area contributed by atoms with Crippen molar-refractivity contribution >= 4 is 11.4 Å². The predicted octanol–water partition coefficient (Wildman–Crippen LogP) is 4.39. The van der Waals surface area contributed by atoms with Gasteiger partial charge < -0.3 is 5.32 Å². The van der Waals surface area contributed by atoms with Gasteiger partial charge in [0.1, 0.15) is 0 Å². The quantitative estimate of drug-likeness (QED) is 0.814. The fraction of sp³-hybridized carbons (Fsp3) is 0.125. The summed E-state index contributed by atoms with van der Waals surface area (Å²) in [6.45, 7) is 8.31. The van der Waals surface area contributed by atoms with Crippen molar-refractivity contribution < 1.29 is 0 Å². The van der Waals surface area contributed by atoms with Gasteiger partial charge in [-0.05, 0) is 37.6 Å². The number of para-hydroxylation sites is 1. The first-order chi connectivity index (χ1) is 8.16. The van der Waals surface area contributed by atoms with E-state index in [-0.39, 0.29) is 0 Å². The third-order valence-corrected chi connectivity index (χ3v) is 2.79. The van der Waals surface area contributed by atoms with Gasteiger partial charge >= 0.3 is 0 Å². The number of nitrogens with one attached hydrogen (secondary N) is 1. The number of hydrogen-bond acceptors (Lipinski definition) is 1. The Bertz CT molecular complexity index is 526. The molecule has 0 unspecified atom stereocenters. The minimum absolute atomic E-state index is 0.942. The van der Waals surface area contributed by atoms with Crippen molar-refractivity contribution in [3.05, 3.63) is 71.8 Å². The summed E-state index contributed by atoms with van der Waals surface area (Å²) in [4.78, 5) is 0. The highest BCUT2D eigenvalue weighted by atomic mass is 14.9. The molecule has 0 radical (unpaired) electrons. The van der Waals surface area contributed by atoms with Gasteiger partial charge in [0.25, 0.3) is 0 Å². The van der Waals surface area contributed by atoms with Crippen LogP contribution in [0.5, 0.6) is 0 Å². The van der Waals surface area contributed by atoms with Gasteiger partial charge in [-0.3, -0.25) is 0 Å². The van der Waals surface area contributed by atoms with E-state index in [1.54, 1.807) is 0 Å². The Morgan fingerprint density at radius 2 is 1.71 bits per heavy atom. The Morgan fingerprint density at radius 3 is 2.41 bits per heavy atom. The summed E-state index contributed by atoms with van der Waals surface area (Å²) in [6, 6.07) is 16.5. The van der Waals surface area contributed by atoms with Crippen LogP contribution in [0.1, 0.15) is 16.7 Å². The maximum atomic E-state index is 4.11. The summed E-state index contributed by atoms with van der Waals surface area (Å²) in [5.41, 5.74) is 5.68. The second kappa shape index (κ2) is 4.88. The third kappa shape index (κ3) is 2.76.